The summed E-state index contributed by atoms with van der Waals surface area (Å²) in [6.45, 7) is 10.9. The molecule has 0 fully saturated rings. The molecule has 18 heavy (non-hydrogen) atoms. The van der Waals surface area contributed by atoms with E-state index >= 15 is 0 Å². The molecule has 4 heteroatoms. The summed E-state index contributed by atoms with van der Waals surface area (Å²) in [5.41, 5.74) is 0. The monoisotopic (exact) mass is 259 g/mol. The minimum atomic E-state index is -0.232. The Labute approximate surface area is 111 Å². The van der Waals surface area contributed by atoms with Gasteiger partial charge in [0.15, 0.2) is 0 Å². The molecule has 1 N–H and O–H groups in total. The molecule has 0 aliphatic carbocycles. The van der Waals surface area contributed by atoms with Crippen molar-refractivity contribution in [1.82, 2.24) is 5.32 Å². The first kappa shape index (κ1) is 17.4. The molecule has 0 radical (unpaired) electrons. The van der Waals surface area contributed by atoms with Crippen LogP contribution in [0.4, 0.5) is 0 Å². The van der Waals surface area contributed by atoms with Crippen molar-refractivity contribution in [3.63, 3.8) is 0 Å². The number of esters is 1. The van der Waals surface area contributed by atoms with E-state index in [1.807, 2.05) is 6.92 Å². The maximum atomic E-state index is 11.7. The number of rotatable bonds is 11. The van der Waals surface area contributed by atoms with E-state index in [2.05, 4.69) is 26.1 Å². The summed E-state index contributed by atoms with van der Waals surface area (Å²) in [6.07, 6.45) is 2.74. The molecule has 1 atom stereocenters. The van der Waals surface area contributed by atoms with Gasteiger partial charge in [-0.15, -0.1) is 0 Å². The highest BCUT2D eigenvalue weighted by molar-refractivity contribution is 5.75. The van der Waals surface area contributed by atoms with Crippen molar-refractivity contribution < 1.29 is 14.3 Å². The lowest BCUT2D eigenvalue weighted by atomic mass is 10.1. The zero-order valence-corrected chi connectivity index (χ0v) is 12.3. The molecule has 0 aromatic heterocycles. The molecule has 0 aliphatic rings. The van der Waals surface area contributed by atoms with Crippen LogP contribution in [0.3, 0.4) is 0 Å². The van der Waals surface area contributed by atoms with Crippen LogP contribution in [0.2, 0.25) is 0 Å². The third kappa shape index (κ3) is 9.42. The Kier molecular flexibility index (Phi) is 11.1. The van der Waals surface area contributed by atoms with E-state index in [0.29, 0.717) is 25.6 Å². The van der Waals surface area contributed by atoms with Crippen LogP contribution in [-0.4, -0.2) is 38.4 Å². The second kappa shape index (κ2) is 11.5. The van der Waals surface area contributed by atoms with Crippen molar-refractivity contribution in [2.24, 2.45) is 5.92 Å². The van der Waals surface area contributed by atoms with E-state index in [1.54, 1.807) is 0 Å². The fourth-order valence-corrected chi connectivity index (χ4v) is 1.49. The molecule has 0 aliphatic heterocycles. The summed E-state index contributed by atoms with van der Waals surface area (Å²) >= 11 is 0. The first-order chi connectivity index (χ1) is 8.61. The summed E-state index contributed by atoms with van der Waals surface area (Å²) < 4.78 is 10.6. The van der Waals surface area contributed by atoms with Crippen LogP contribution < -0.4 is 5.32 Å². The molecule has 0 spiro atoms. The third-order valence-corrected chi connectivity index (χ3v) is 2.60. The maximum absolute atomic E-state index is 11.7. The topological polar surface area (TPSA) is 47.6 Å². The number of ether oxygens (including phenoxy) is 2. The average molecular weight is 259 g/mol. The van der Waals surface area contributed by atoms with Crippen molar-refractivity contribution >= 4 is 5.97 Å². The van der Waals surface area contributed by atoms with Gasteiger partial charge < -0.3 is 14.8 Å². The molecule has 0 amide bonds. The second-order valence-electron chi connectivity index (χ2n) is 4.84. The molecule has 0 saturated carbocycles. The van der Waals surface area contributed by atoms with Crippen molar-refractivity contribution in [3.8, 4) is 0 Å². The molecule has 108 valence electrons. The van der Waals surface area contributed by atoms with Gasteiger partial charge in [0.05, 0.1) is 6.61 Å². The number of nitrogens with one attached hydrogen (secondary N) is 1. The van der Waals surface area contributed by atoms with Crippen LogP contribution in [0.25, 0.3) is 0 Å². The Morgan fingerprint density at radius 1 is 1.17 bits per heavy atom. The normalized spacial score (nSPS) is 12.7. The molecular formula is C14H29NO3. The van der Waals surface area contributed by atoms with Crippen LogP contribution in [0.1, 0.15) is 47.0 Å². The van der Waals surface area contributed by atoms with Crippen LogP contribution in [0, 0.1) is 5.92 Å². The molecule has 0 saturated heterocycles. The predicted octanol–water partition coefficient (Wildman–Crippen LogP) is 2.37. The van der Waals surface area contributed by atoms with Gasteiger partial charge >= 0.3 is 5.97 Å². The molecule has 0 rings (SSSR count). The van der Waals surface area contributed by atoms with Gasteiger partial charge in [-0.25, -0.2) is 0 Å². The van der Waals surface area contributed by atoms with Crippen LogP contribution in [-0.2, 0) is 14.3 Å². The SMILES string of the molecule is CCCNC(CCOCCC(C)C)C(=O)OCC. The van der Waals surface area contributed by atoms with Crippen molar-refractivity contribution in [1.29, 1.82) is 0 Å². The van der Waals surface area contributed by atoms with Gasteiger partial charge in [-0.2, -0.15) is 0 Å². The van der Waals surface area contributed by atoms with Gasteiger partial charge in [0.1, 0.15) is 6.04 Å². The predicted molar refractivity (Wildman–Crippen MR) is 73.6 cm³/mol. The molecular weight excluding hydrogens is 230 g/mol. The van der Waals surface area contributed by atoms with E-state index in [0.717, 1.165) is 26.0 Å². The summed E-state index contributed by atoms with van der Waals surface area (Å²) in [5.74, 6) is 0.488. The smallest absolute Gasteiger partial charge is 0.323 e. The Hall–Kier alpha value is -0.610. The van der Waals surface area contributed by atoms with E-state index in [4.69, 9.17) is 9.47 Å². The summed E-state index contributed by atoms with van der Waals surface area (Å²) in [4.78, 5) is 11.7. The summed E-state index contributed by atoms with van der Waals surface area (Å²) in [7, 11) is 0. The average Bonchev–Trinajstić information content (AvgIpc) is 2.32. The number of hydrogen-bond acceptors (Lipinski definition) is 4. The zero-order valence-electron chi connectivity index (χ0n) is 12.3. The van der Waals surface area contributed by atoms with E-state index in [1.165, 1.54) is 0 Å². The fraction of sp³-hybridized carbons (Fsp3) is 0.929. The molecule has 4 nitrogen and oxygen atoms in total. The van der Waals surface area contributed by atoms with Gasteiger partial charge in [0.25, 0.3) is 0 Å². The van der Waals surface area contributed by atoms with Crippen molar-refractivity contribution in [2.45, 2.75) is 53.0 Å². The summed E-state index contributed by atoms with van der Waals surface area (Å²) in [5, 5.41) is 3.20. The van der Waals surface area contributed by atoms with Gasteiger partial charge in [-0.1, -0.05) is 20.8 Å². The highest BCUT2D eigenvalue weighted by Crippen LogP contribution is 2.01. The van der Waals surface area contributed by atoms with Crippen molar-refractivity contribution in [3.05, 3.63) is 0 Å². The molecule has 0 aromatic rings. The number of carbonyl (C=O) groups is 1. The van der Waals surface area contributed by atoms with Gasteiger partial charge in [0, 0.05) is 13.2 Å². The summed E-state index contributed by atoms with van der Waals surface area (Å²) in [6, 6.07) is -0.232. The number of hydrogen-bond donors (Lipinski definition) is 1. The van der Waals surface area contributed by atoms with Gasteiger partial charge in [0.2, 0.25) is 0 Å². The highest BCUT2D eigenvalue weighted by atomic mass is 16.5. The quantitative estimate of drug-likeness (QED) is 0.457. The third-order valence-electron chi connectivity index (χ3n) is 2.60. The first-order valence-electron chi connectivity index (χ1n) is 7.09. The standard InChI is InChI=1S/C14H29NO3/c1-5-9-15-13(14(16)18-6-2)8-11-17-10-7-12(3)4/h12-13,15H,5-11H2,1-4H3. The van der Waals surface area contributed by atoms with Crippen LogP contribution in [0.15, 0.2) is 0 Å². The minimum absolute atomic E-state index is 0.168. The lowest BCUT2D eigenvalue weighted by Crippen LogP contribution is -2.39. The van der Waals surface area contributed by atoms with E-state index in [9.17, 15) is 4.79 Å². The highest BCUT2D eigenvalue weighted by Gasteiger charge is 2.18. The van der Waals surface area contributed by atoms with E-state index < -0.39 is 0 Å². The molecule has 0 bridgehead atoms. The van der Waals surface area contributed by atoms with Crippen LogP contribution >= 0.6 is 0 Å². The van der Waals surface area contributed by atoms with Gasteiger partial charge in [-0.3, -0.25) is 4.79 Å². The Morgan fingerprint density at radius 3 is 2.39 bits per heavy atom. The Morgan fingerprint density at radius 2 is 1.83 bits per heavy atom. The minimum Gasteiger partial charge on any atom is -0.465 e. The largest absolute Gasteiger partial charge is 0.465 e. The number of carbonyl (C=O) groups excluding carboxylic acids is 1. The molecule has 0 heterocycles. The fourth-order valence-electron chi connectivity index (χ4n) is 1.49. The Bertz CT molecular complexity index is 207. The zero-order chi connectivity index (χ0) is 13.8. The van der Waals surface area contributed by atoms with E-state index in [-0.39, 0.29) is 12.0 Å². The second-order valence-corrected chi connectivity index (χ2v) is 4.84. The van der Waals surface area contributed by atoms with Crippen LogP contribution in [0.5, 0.6) is 0 Å². The Balaban J connectivity index is 3.82. The molecule has 0 aromatic carbocycles. The molecule has 1 unspecified atom stereocenters. The van der Waals surface area contributed by atoms with Crippen molar-refractivity contribution in [2.75, 3.05) is 26.4 Å². The maximum Gasteiger partial charge on any atom is 0.323 e. The first-order valence-corrected chi connectivity index (χ1v) is 7.09. The lowest BCUT2D eigenvalue weighted by Gasteiger charge is -2.17. The van der Waals surface area contributed by atoms with Gasteiger partial charge in [-0.05, 0) is 38.6 Å². The lowest BCUT2D eigenvalue weighted by molar-refractivity contribution is -0.146.